The van der Waals surface area contributed by atoms with Crippen molar-refractivity contribution in [1.82, 2.24) is 10.2 Å². The van der Waals surface area contributed by atoms with Gasteiger partial charge in [-0.15, -0.1) is 0 Å². The monoisotopic (exact) mass is 245 g/mol. The van der Waals surface area contributed by atoms with E-state index in [-0.39, 0.29) is 6.04 Å². The molecule has 1 saturated heterocycles. The molecule has 0 amide bonds. The van der Waals surface area contributed by atoms with Crippen LogP contribution in [0.25, 0.3) is 0 Å². The molecule has 4 nitrogen and oxygen atoms in total. The van der Waals surface area contributed by atoms with Gasteiger partial charge in [-0.05, 0) is 6.07 Å². The van der Waals surface area contributed by atoms with Crippen LogP contribution in [0.4, 0.5) is 0 Å². The Hall–Kier alpha value is -1.57. The summed E-state index contributed by atoms with van der Waals surface area (Å²) in [5, 5.41) is 12.4. The number of ether oxygens (including phenoxy) is 1. The lowest BCUT2D eigenvalue weighted by atomic mass is 10.0. The summed E-state index contributed by atoms with van der Waals surface area (Å²) in [6, 6.07) is 10.4. The van der Waals surface area contributed by atoms with E-state index in [0.29, 0.717) is 6.42 Å². The lowest BCUT2D eigenvalue weighted by Gasteiger charge is -2.34. The summed E-state index contributed by atoms with van der Waals surface area (Å²) in [6.07, 6.45) is 0.500. The molecule has 1 aliphatic rings. The van der Waals surface area contributed by atoms with Gasteiger partial charge in [-0.1, -0.05) is 18.2 Å². The fourth-order valence-corrected chi connectivity index (χ4v) is 2.46. The first-order valence-electron chi connectivity index (χ1n) is 6.31. The maximum Gasteiger partial charge on any atom is 0.123 e. The Morgan fingerprint density at radius 1 is 1.39 bits per heavy atom. The number of benzene rings is 1. The van der Waals surface area contributed by atoms with Gasteiger partial charge in [0.25, 0.3) is 0 Å². The molecule has 1 fully saturated rings. The number of nitrogens with one attached hydrogen (secondary N) is 1. The van der Waals surface area contributed by atoms with E-state index >= 15 is 0 Å². The van der Waals surface area contributed by atoms with E-state index < -0.39 is 0 Å². The number of hydrogen-bond donors (Lipinski definition) is 1. The minimum atomic E-state index is 0.133. The highest BCUT2D eigenvalue weighted by Crippen LogP contribution is 2.31. The molecular formula is C14H19N3O. The van der Waals surface area contributed by atoms with Crippen LogP contribution in [0.3, 0.4) is 0 Å². The fourth-order valence-electron chi connectivity index (χ4n) is 2.46. The number of rotatable bonds is 4. The van der Waals surface area contributed by atoms with Gasteiger partial charge in [0.15, 0.2) is 0 Å². The van der Waals surface area contributed by atoms with Gasteiger partial charge in [-0.25, -0.2) is 0 Å². The van der Waals surface area contributed by atoms with E-state index in [2.05, 4.69) is 22.4 Å². The molecule has 1 aromatic rings. The van der Waals surface area contributed by atoms with E-state index in [1.807, 2.05) is 18.2 Å². The minimum Gasteiger partial charge on any atom is -0.496 e. The highest BCUT2D eigenvalue weighted by Gasteiger charge is 2.24. The molecule has 1 atom stereocenters. The van der Waals surface area contributed by atoms with E-state index in [9.17, 15) is 0 Å². The van der Waals surface area contributed by atoms with Crippen molar-refractivity contribution in [2.75, 3.05) is 33.3 Å². The van der Waals surface area contributed by atoms with Crippen LogP contribution in [0.1, 0.15) is 18.0 Å². The standard InChI is InChI=1S/C14H19N3O/c1-18-14-5-3-2-4-12(14)13(6-7-15)17-10-8-16-9-11-17/h2-5,13,16H,6,8-11H2,1H3/t13-/m0/s1. The molecule has 4 heteroatoms. The zero-order valence-electron chi connectivity index (χ0n) is 10.7. The van der Waals surface area contributed by atoms with Crippen LogP contribution in [0.2, 0.25) is 0 Å². The van der Waals surface area contributed by atoms with Gasteiger partial charge >= 0.3 is 0 Å². The highest BCUT2D eigenvalue weighted by molar-refractivity contribution is 5.36. The Morgan fingerprint density at radius 3 is 2.78 bits per heavy atom. The van der Waals surface area contributed by atoms with Crippen LogP contribution in [-0.2, 0) is 0 Å². The largest absolute Gasteiger partial charge is 0.496 e. The third-order valence-electron chi connectivity index (χ3n) is 3.37. The Kier molecular flexibility index (Phi) is 4.57. The summed E-state index contributed by atoms with van der Waals surface area (Å²) in [5.41, 5.74) is 1.11. The summed E-state index contributed by atoms with van der Waals surface area (Å²) in [6.45, 7) is 3.92. The molecule has 0 spiro atoms. The van der Waals surface area contributed by atoms with Crippen LogP contribution >= 0.6 is 0 Å². The number of para-hydroxylation sites is 1. The van der Waals surface area contributed by atoms with Crippen molar-refractivity contribution in [2.45, 2.75) is 12.5 Å². The summed E-state index contributed by atoms with van der Waals surface area (Å²) in [7, 11) is 1.68. The second-order valence-electron chi connectivity index (χ2n) is 4.41. The van der Waals surface area contributed by atoms with Crippen LogP contribution < -0.4 is 10.1 Å². The van der Waals surface area contributed by atoms with Crippen molar-refractivity contribution >= 4 is 0 Å². The Labute approximate surface area is 108 Å². The van der Waals surface area contributed by atoms with Gasteiger partial charge in [-0.2, -0.15) is 5.26 Å². The van der Waals surface area contributed by atoms with E-state index in [1.165, 1.54) is 0 Å². The van der Waals surface area contributed by atoms with Crippen molar-refractivity contribution in [1.29, 1.82) is 5.26 Å². The van der Waals surface area contributed by atoms with Crippen molar-refractivity contribution in [3.63, 3.8) is 0 Å². The predicted octanol–water partition coefficient (Wildman–Crippen LogP) is 1.56. The summed E-state index contributed by atoms with van der Waals surface area (Å²) in [5.74, 6) is 0.872. The summed E-state index contributed by atoms with van der Waals surface area (Å²) < 4.78 is 5.41. The van der Waals surface area contributed by atoms with Gasteiger partial charge in [0.1, 0.15) is 5.75 Å². The molecule has 0 bridgehead atoms. The molecule has 0 unspecified atom stereocenters. The smallest absolute Gasteiger partial charge is 0.123 e. The second kappa shape index (κ2) is 6.39. The third-order valence-corrected chi connectivity index (χ3v) is 3.37. The summed E-state index contributed by atoms with van der Waals surface area (Å²) >= 11 is 0. The molecule has 0 aliphatic carbocycles. The van der Waals surface area contributed by atoms with Crippen molar-refractivity contribution in [3.05, 3.63) is 29.8 Å². The number of methoxy groups -OCH3 is 1. The normalized spacial score (nSPS) is 18.0. The first-order chi connectivity index (χ1) is 8.86. The Bertz CT molecular complexity index is 421. The lowest BCUT2D eigenvalue weighted by molar-refractivity contribution is 0.173. The Morgan fingerprint density at radius 2 is 2.11 bits per heavy atom. The molecule has 18 heavy (non-hydrogen) atoms. The zero-order valence-corrected chi connectivity index (χ0v) is 10.7. The van der Waals surface area contributed by atoms with E-state index in [0.717, 1.165) is 37.5 Å². The molecular weight excluding hydrogens is 226 g/mol. The SMILES string of the molecule is COc1ccccc1[C@H](CC#N)N1CCNCC1. The van der Waals surface area contributed by atoms with Crippen LogP contribution in [0, 0.1) is 11.3 Å². The van der Waals surface area contributed by atoms with Gasteiger partial charge in [0.05, 0.1) is 25.6 Å². The first-order valence-corrected chi connectivity index (χ1v) is 6.31. The molecule has 0 saturated carbocycles. The molecule has 2 rings (SSSR count). The minimum absolute atomic E-state index is 0.133. The number of nitrogens with zero attached hydrogens (tertiary/aromatic N) is 2. The molecule has 1 aromatic carbocycles. The number of hydrogen-bond acceptors (Lipinski definition) is 4. The topological polar surface area (TPSA) is 48.3 Å². The highest BCUT2D eigenvalue weighted by atomic mass is 16.5. The molecule has 1 aliphatic heterocycles. The maximum absolute atomic E-state index is 9.06. The summed E-state index contributed by atoms with van der Waals surface area (Å²) in [4.78, 5) is 2.36. The first kappa shape index (κ1) is 12.9. The quantitative estimate of drug-likeness (QED) is 0.874. The average molecular weight is 245 g/mol. The van der Waals surface area contributed by atoms with E-state index in [4.69, 9.17) is 10.00 Å². The molecule has 0 radical (unpaired) electrons. The van der Waals surface area contributed by atoms with Crippen molar-refractivity contribution < 1.29 is 4.74 Å². The molecule has 1 N–H and O–H groups in total. The van der Waals surface area contributed by atoms with E-state index in [1.54, 1.807) is 7.11 Å². The van der Waals surface area contributed by atoms with Crippen LogP contribution in [0.5, 0.6) is 5.75 Å². The van der Waals surface area contributed by atoms with Crippen LogP contribution in [0.15, 0.2) is 24.3 Å². The number of piperazine rings is 1. The average Bonchev–Trinajstić information content (AvgIpc) is 2.46. The second-order valence-corrected chi connectivity index (χ2v) is 4.41. The van der Waals surface area contributed by atoms with Crippen molar-refractivity contribution in [2.24, 2.45) is 0 Å². The molecule has 96 valence electrons. The van der Waals surface area contributed by atoms with Crippen molar-refractivity contribution in [3.8, 4) is 11.8 Å². The predicted molar refractivity (Wildman–Crippen MR) is 70.4 cm³/mol. The molecule has 1 heterocycles. The van der Waals surface area contributed by atoms with Gasteiger partial charge in [0, 0.05) is 31.7 Å². The lowest BCUT2D eigenvalue weighted by Crippen LogP contribution is -2.45. The maximum atomic E-state index is 9.06. The van der Waals surface area contributed by atoms with Gasteiger partial charge in [0.2, 0.25) is 0 Å². The Balaban J connectivity index is 2.25. The zero-order chi connectivity index (χ0) is 12.8. The molecule has 0 aromatic heterocycles. The third kappa shape index (κ3) is 2.81. The fraction of sp³-hybridized carbons (Fsp3) is 0.500. The van der Waals surface area contributed by atoms with Gasteiger partial charge in [-0.3, -0.25) is 4.90 Å². The number of nitriles is 1. The van der Waals surface area contributed by atoms with Crippen LogP contribution in [-0.4, -0.2) is 38.2 Å². The van der Waals surface area contributed by atoms with Gasteiger partial charge < -0.3 is 10.1 Å².